The zero-order chi connectivity index (χ0) is 12.3. The van der Waals surface area contributed by atoms with E-state index >= 15 is 0 Å². The molecule has 3 unspecified atom stereocenters. The van der Waals surface area contributed by atoms with E-state index in [4.69, 9.17) is 5.73 Å². The van der Waals surface area contributed by atoms with Crippen LogP contribution in [0.15, 0.2) is 0 Å². The molecule has 1 aliphatic heterocycles. The topological polar surface area (TPSA) is 46.3 Å². The molecule has 2 N–H and O–H groups in total. The molecule has 1 amide bonds. The molecule has 98 valence electrons. The van der Waals surface area contributed by atoms with Crippen LogP contribution in [0.25, 0.3) is 0 Å². The van der Waals surface area contributed by atoms with Crippen molar-refractivity contribution in [1.29, 1.82) is 0 Å². The fourth-order valence-electron chi connectivity index (χ4n) is 3.02. The molecule has 1 heterocycles. The average Bonchev–Trinajstić information content (AvgIpc) is 2.64. The van der Waals surface area contributed by atoms with Crippen molar-refractivity contribution in [3.63, 3.8) is 0 Å². The number of nitrogens with zero attached hydrogens (tertiary/aromatic N) is 1. The number of likely N-dealkylation sites (tertiary alicyclic amines) is 1. The van der Waals surface area contributed by atoms with Gasteiger partial charge in [-0.15, -0.1) is 0 Å². The second kappa shape index (κ2) is 6.10. The Kier molecular flexibility index (Phi) is 4.74. The van der Waals surface area contributed by atoms with Gasteiger partial charge in [-0.05, 0) is 44.8 Å². The van der Waals surface area contributed by atoms with E-state index in [-0.39, 0.29) is 12.0 Å². The third-order valence-electron chi connectivity index (χ3n) is 4.14. The predicted molar refractivity (Wildman–Crippen MR) is 73.1 cm³/mol. The molecule has 1 aliphatic carbocycles. The lowest BCUT2D eigenvalue weighted by Crippen LogP contribution is -2.36. The van der Waals surface area contributed by atoms with Crippen LogP contribution in [0.5, 0.6) is 0 Å². The number of amides is 1. The molecule has 0 aromatic rings. The van der Waals surface area contributed by atoms with E-state index in [9.17, 15) is 4.79 Å². The normalized spacial score (nSPS) is 34.7. The van der Waals surface area contributed by atoms with Crippen LogP contribution in [0.3, 0.4) is 0 Å². The van der Waals surface area contributed by atoms with Crippen LogP contribution in [0.1, 0.15) is 38.5 Å². The Morgan fingerprint density at radius 3 is 2.71 bits per heavy atom. The van der Waals surface area contributed by atoms with Gasteiger partial charge in [0, 0.05) is 30.3 Å². The van der Waals surface area contributed by atoms with Crippen LogP contribution >= 0.6 is 11.8 Å². The van der Waals surface area contributed by atoms with E-state index in [1.54, 1.807) is 0 Å². The molecule has 3 atom stereocenters. The molecule has 2 fully saturated rings. The zero-order valence-electron chi connectivity index (χ0n) is 10.7. The number of thioether (sulfide) groups is 1. The summed E-state index contributed by atoms with van der Waals surface area (Å²) in [5.41, 5.74) is 5.89. The van der Waals surface area contributed by atoms with Gasteiger partial charge in [-0.1, -0.05) is 0 Å². The molecule has 0 bridgehead atoms. The van der Waals surface area contributed by atoms with Crippen LogP contribution < -0.4 is 5.73 Å². The van der Waals surface area contributed by atoms with E-state index in [0.717, 1.165) is 50.4 Å². The van der Waals surface area contributed by atoms with E-state index in [1.165, 1.54) is 6.42 Å². The van der Waals surface area contributed by atoms with E-state index < -0.39 is 0 Å². The van der Waals surface area contributed by atoms with Gasteiger partial charge in [0.2, 0.25) is 5.91 Å². The van der Waals surface area contributed by atoms with Crippen molar-refractivity contribution in [3.05, 3.63) is 0 Å². The molecule has 2 rings (SSSR count). The summed E-state index contributed by atoms with van der Waals surface area (Å²) in [6.07, 6.45) is 8.69. The van der Waals surface area contributed by atoms with Crippen molar-refractivity contribution in [2.75, 3.05) is 19.3 Å². The Bertz CT molecular complexity index is 272. The van der Waals surface area contributed by atoms with Gasteiger partial charge < -0.3 is 10.6 Å². The minimum absolute atomic E-state index is 0.218. The summed E-state index contributed by atoms with van der Waals surface area (Å²) >= 11 is 1.95. The highest BCUT2D eigenvalue weighted by Crippen LogP contribution is 2.28. The lowest BCUT2D eigenvalue weighted by molar-refractivity contribution is -0.135. The molecule has 17 heavy (non-hydrogen) atoms. The third-order valence-corrected chi connectivity index (χ3v) is 5.28. The predicted octanol–water partition coefficient (Wildman–Crippen LogP) is 1.86. The first-order chi connectivity index (χ1) is 8.20. The minimum Gasteiger partial charge on any atom is -0.342 e. The number of hydrogen-bond donors (Lipinski definition) is 1. The third kappa shape index (κ3) is 3.38. The maximum absolute atomic E-state index is 12.4. The molecule has 1 saturated carbocycles. The SMILES string of the molecule is CSC1CCCN(C(=O)C2CCC(N)C2)CC1. The number of nitrogens with two attached hydrogens (primary N) is 1. The average molecular weight is 256 g/mol. The van der Waals surface area contributed by atoms with Gasteiger partial charge in [-0.25, -0.2) is 0 Å². The maximum Gasteiger partial charge on any atom is 0.225 e. The molecular formula is C13H24N2OS. The molecular weight excluding hydrogens is 232 g/mol. The van der Waals surface area contributed by atoms with Crippen molar-refractivity contribution in [1.82, 2.24) is 4.90 Å². The van der Waals surface area contributed by atoms with E-state index in [0.29, 0.717) is 5.91 Å². The Balaban J connectivity index is 1.87. The molecule has 1 saturated heterocycles. The Hall–Kier alpha value is -0.220. The van der Waals surface area contributed by atoms with Gasteiger partial charge in [0.25, 0.3) is 0 Å². The van der Waals surface area contributed by atoms with E-state index in [2.05, 4.69) is 11.2 Å². The number of carbonyl (C=O) groups excluding carboxylic acids is 1. The minimum atomic E-state index is 0.218. The summed E-state index contributed by atoms with van der Waals surface area (Å²) in [7, 11) is 0. The highest BCUT2D eigenvalue weighted by atomic mass is 32.2. The van der Waals surface area contributed by atoms with Crippen LogP contribution in [0.2, 0.25) is 0 Å². The molecule has 3 nitrogen and oxygen atoms in total. The van der Waals surface area contributed by atoms with Crippen molar-refractivity contribution in [2.24, 2.45) is 11.7 Å². The summed E-state index contributed by atoms with van der Waals surface area (Å²) in [5, 5.41) is 0.749. The van der Waals surface area contributed by atoms with Crippen molar-refractivity contribution >= 4 is 17.7 Å². The smallest absolute Gasteiger partial charge is 0.225 e. The molecule has 4 heteroatoms. The van der Waals surface area contributed by atoms with Crippen LogP contribution in [-0.2, 0) is 4.79 Å². The summed E-state index contributed by atoms with van der Waals surface area (Å²) in [5.74, 6) is 0.593. The monoisotopic (exact) mass is 256 g/mol. The fourth-order valence-corrected chi connectivity index (χ4v) is 3.76. The molecule has 2 aliphatic rings. The number of carbonyl (C=O) groups is 1. The molecule has 0 aromatic carbocycles. The quantitative estimate of drug-likeness (QED) is 0.820. The molecule has 0 spiro atoms. The van der Waals surface area contributed by atoms with Gasteiger partial charge in [0.05, 0.1) is 0 Å². The summed E-state index contributed by atoms with van der Waals surface area (Å²) in [6.45, 7) is 1.91. The lowest BCUT2D eigenvalue weighted by Gasteiger charge is -2.24. The van der Waals surface area contributed by atoms with Gasteiger partial charge in [-0.2, -0.15) is 11.8 Å². The first-order valence-corrected chi connectivity index (χ1v) is 8.06. The number of rotatable bonds is 2. The zero-order valence-corrected chi connectivity index (χ0v) is 11.5. The standard InChI is InChI=1S/C13H24N2OS/c1-17-12-3-2-7-15(8-6-12)13(16)10-4-5-11(14)9-10/h10-12H,2-9,14H2,1H3. The van der Waals surface area contributed by atoms with Crippen molar-refractivity contribution in [3.8, 4) is 0 Å². The fraction of sp³-hybridized carbons (Fsp3) is 0.923. The summed E-state index contributed by atoms with van der Waals surface area (Å²) < 4.78 is 0. The summed E-state index contributed by atoms with van der Waals surface area (Å²) in [4.78, 5) is 14.5. The van der Waals surface area contributed by atoms with Gasteiger partial charge in [0.1, 0.15) is 0 Å². The van der Waals surface area contributed by atoms with Gasteiger partial charge in [0.15, 0.2) is 0 Å². The van der Waals surface area contributed by atoms with Gasteiger partial charge >= 0.3 is 0 Å². The highest BCUT2D eigenvalue weighted by Gasteiger charge is 2.31. The lowest BCUT2D eigenvalue weighted by atomic mass is 10.1. The summed E-state index contributed by atoms with van der Waals surface area (Å²) in [6, 6.07) is 0.259. The number of hydrogen-bond acceptors (Lipinski definition) is 3. The van der Waals surface area contributed by atoms with Crippen LogP contribution in [-0.4, -0.2) is 41.4 Å². The highest BCUT2D eigenvalue weighted by molar-refractivity contribution is 7.99. The Morgan fingerprint density at radius 1 is 1.24 bits per heavy atom. The van der Waals surface area contributed by atoms with E-state index in [1.807, 2.05) is 11.8 Å². The second-order valence-corrected chi connectivity index (χ2v) is 6.52. The maximum atomic E-state index is 12.4. The first kappa shape index (κ1) is 13.2. The Morgan fingerprint density at radius 2 is 2.06 bits per heavy atom. The second-order valence-electron chi connectivity index (χ2n) is 5.38. The largest absolute Gasteiger partial charge is 0.342 e. The van der Waals surface area contributed by atoms with Crippen LogP contribution in [0, 0.1) is 5.92 Å². The van der Waals surface area contributed by atoms with Crippen molar-refractivity contribution < 1.29 is 4.79 Å². The molecule has 0 aromatic heterocycles. The van der Waals surface area contributed by atoms with Crippen molar-refractivity contribution in [2.45, 2.75) is 49.8 Å². The van der Waals surface area contributed by atoms with Gasteiger partial charge in [-0.3, -0.25) is 4.79 Å². The van der Waals surface area contributed by atoms with Crippen LogP contribution in [0.4, 0.5) is 0 Å². The first-order valence-electron chi connectivity index (χ1n) is 6.78. The Labute approximate surface area is 108 Å². The molecule has 0 radical (unpaired) electrons.